The minimum atomic E-state index is -0.299. The third-order valence-electron chi connectivity index (χ3n) is 4.88. The van der Waals surface area contributed by atoms with Crippen molar-refractivity contribution >= 4 is 0 Å². The highest BCUT2D eigenvalue weighted by Gasteiger charge is 2.63. The highest BCUT2D eigenvalue weighted by atomic mass is 16.3. The molecule has 0 aliphatic heterocycles. The van der Waals surface area contributed by atoms with Crippen molar-refractivity contribution in [2.45, 2.75) is 52.6 Å². The predicted molar refractivity (Wildman–Crippen MR) is 76.3 cm³/mol. The summed E-state index contributed by atoms with van der Waals surface area (Å²) in [6.07, 6.45) is 4.66. The van der Waals surface area contributed by atoms with Crippen molar-refractivity contribution in [3.8, 4) is 0 Å². The number of benzene rings is 1. The van der Waals surface area contributed by atoms with E-state index in [1.165, 1.54) is 25.7 Å². The number of aliphatic hydroxyl groups is 1. The van der Waals surface area contributed by atoms with Gasteiger partial charge in [0.05, 0.1) is 6.10 Å². The van der Waals surface area contributed by atoms with Gasteiger partial charge in [0.25, 0.3) is 0 Å². The second kappa shape index (κ2) is 5.44. The lowest BCUT2D eigenvalue weighted by Gasteiger charge is -2.21. The largest absolute Gasteiger partial charge is 0.388 e. The zero-order chi connectivity index (χ0) is 13.2. The fourth-order valence-corrected chi connectivity index (χ4v) is 3.77. The molecule has 0 aromatic heterocycles. The van der Waals surface area contributed by atoms with Crippen LogP contribution in [-0.2, 0) is 0 Å². The molecule has 1 nitrogen and oxygen atoms in total. The van der Waals surface area contributed by atoms with Crippen LogP contribution in [0.1, 0.15) is 58.1 Å². The van der Waals surface area contributed by atoms with Gasteiger partial charge >= 0.3 is 0 Å². The topological polar surface area (TPSA) is 20.2 Å². The molecule has 0 amide bonds. The summed E-state index contributed by atoms with van der Waals surface area (Å²) in [5.74, 6) is 1.41. The zero-order valence-corrected chi connectivity index (χ0v) is 11.9. The first-order chi connectivity index (χ1) is 8.66. The average molecular weight is 246 g/mol. The Balaban J connectivity index is 2.15. The van der Waals surface area contributed by atoms with Crippen molar-refractivity contribution in [2.24, 2.45) is 17.3 Å². The summed E-state index contributed by atoms with van der Waals surface area (Å²) < 4.78 is 0. The molecule has 0 spiro atoms. The summed E-state index contributed by atoms with van der Waals surface area (Å²) in [5, 5.41) is 10.7. The van der Waals surface area contributed by atoms with Gasteiger partial charge in [-0.2, -0.15) is 0 Å². The molecule has 1 aromatic carbocycles. The lowest BCUT2D eigenvalue weighted by Crippen LogP contribution is -2.14. The quantitative estimate of drug-likeness (QED) is 0.779. The number of aliphatic hydroxyl groups excluding tert-OH is 1. The molecule has 100 valence electrons. The number of hydrogen-bond acceptors (Lipinski definition) is 1. The Hall–Kier alpha value is -0.820. The molecule has 0 radical (unpaired) electrons. The van der Waals surface area contributed by atoms with Crippen molar-refractivity contribution in [2.75, 3.05) is 0 Å². The van der Waals surface area contributed by atoms with Crippen LogP contribution in [0.25, 0.3) is 0 Å². The first-order valence-corrected chi connectivity index (χ1v) is 7.39. The summed E-state index contributed by atoms with van der Waals surface area (Å²) in [4.78, 5) is 0. The molecule has 4 atom stereocenters. The molecule has 1 saturated carbocycles. The van der Waals surface area contributed by atoms with Gasteiger partial charge in [0.15, 0.2) is 0 Å². The SMILES string of the molecule is CCC[C@@H]1[C@H](CCC)C1(C)[C@@H](O)c1ccccc1. The van der Waals surface area contributed by atoms with Crippen LogP contribution >= 0.6 is 0 Å². The van der Waals surface area contributed by atoms with Gasteiger partial charge in [0.1, 0.15) is 0 Å². The third kappa shape index (κ3) is 2.21. The molecule has 0 saturated heterocycles. The van der Waals surface area contributed by atoms with E-state index < -0.39 is 0 Å². The molecule has 0 heterocycles. The first kappa shape index (κ1) is 13.6. The Bertz CT molecular complexity index is 358. The molecule has 1 aliphatic carbocycles. The smallest absolute Gasteiger partial charge is 0.0849 e. The van der Waals surface area contributed by atoms with Crippen LogP contribution in [-0.4, -0.2) is 5.11 Å². The normalized spacial score (nSPS) is 32.2. The van der Waals surface area contributed by atoms with Crippen LogP contribution in [0.2, 0.25) is 0 Å². The van der Waals surface area contributed by atoms with Gasteiger partial charge in [-0.25, -0.2) is 0 Å². The molecule has 18 heavy (non-hydrogen) atoms. The first-order valence-electron chi connectivity index (χ1n) is 7.39. The standard InChI is InChI=1S/C17H26O/c1-4-9-14-15(10-5-2)17(14,3)16(18)13-11-7-6-8-12-13/h6-8,11-12,14-16,18H,4-5,9-10H2,1-3H3/t14-,15+,16-,17?/m0/s1. The van der Waals surface area contributed by atoms with Gasteiger partial charge in [-0.1, -0.05) is 63.9 Å². The van der Waals surface area contributed by atoms with Crippen LogP contribution < -0.4 is 0 Å². The van der Waals surface area contributed by atoms with Crippen LogP contribution in [0.15, 0.2) is 30.3 Å². The summed E-state index contributed by atoms with van der Waals surface area (Å²) >= 11 is 0. The van der Waals surface area contributed by atoms with E-state index in [1.54, 1.807) is 0 Å². The molecule has 1 aliphatic rings. The van der Waals surface area contributed by atoms with E-state index in [4.69, 9.17) is 0 Å². The van der Waals surface area contributed by atoms with Crippen molar-refractivity contribution in [3.63, 3.8) is 0 Å². The molecular weight excluding hydrogens is 220 g/mol. The maximum absolute atomic E-state index is 10.7. The van der Waals surface area contributed by atoms with Gasteiger partial charge < -0.3 is 5.11 Å². The van der Waals surface area contributed by atoms with Crippen molar-refractivity contribution in [1.82, 2.24) is 0 Å². The van der Waals surface area contributed by atoms with Gasteiger partial charge in [-0.15, -0.1) is 0 Å². The summed E-state index contributed by atoms with van der Waals surface area (Å²) in [6, 6.07) is 10.2. The second-order valence-electron chi connectivity index (χ2n) is 5.97. The monoisotopic (exact) mass is 246 g/mol. The van der Waals surface area contributed by atoms with Gasteiger partial charge in [0.2, 0.25) is 0 Å². The van der Waals surface area contributed by atoms with Gasteiger partial charge in [-0.3, -0.25) is 0 Å². The summed E-state index contributed by atoms with van der Waals surface area (Å²) in [5.41, 5.74) is 1.19. The fraction of sp³-hybridized carbons (Fsp3) is 0.647. The van der Waals surface area contributed by atoms with E-state index in [2.05, 4.69) is 32.9 Å². The van der Waals surface area contributed by atoms with E-state index in [1.807, 2.05) is 18.2 Å². The van der Waals surface area contributed by atoms with Crippen LogP contribution in [0.3, 0.4) is 0 Å². The lowest BCUT2D eigenvalue weighted by molar-refractivity contribution is 0.0841. The number of rotatable bonds is 6. The molecule has 0 bridgehead atoms. The van der Waals surface area contributed by atoms with Gasteiger partial charge in [0, 0.05) is 5.41 Å². The molecule has 1 unspecified atom stereocenters. The van der Waals surface area contributed by atoms with E-state index >= 15 is 0 Å². The lowest BCUT2D eigenvalue weighted by atomic mass is 9.89. The molecule has 1 aromatic rings. The third-order valence-corrected chi connectivity index (χ3v) is 4.88. The van der Waals surface area contributed by atoms with Gasteiger partial charge in [-0.05, 0) is 30.2 Å². The fourth-order valence-electron chi connectivity index (χ4n) is 3.77. The maximum Gasteiger partial charge on any atom is 0.0849 e. The Morgan fingerprint density at radius 3 is 2.00 bits per heavy atom. The highest BCUT2D eigenvalue weighted by Crippen LogP contribution is 2.68. The second-order valence-corrected chi connectivity index (χ2v) is 5.97. The minimum absolute atomic E-state index is 0.105. The Morgan fingerprint density at radius 1 is 1.06 bits per heavy atom. The summed E-state index contributed by atoms with van der Waals surface area (Å²) in [7, 11) is 0. The minimum Gasteiger partial charge on any atom is -0.388 e. The van der Waals surface area contributed by atoms with Crippen molar-refractivity contribution in [1.29, 1.82) is 0 Å². The van der Waals surface area contributed by atoms with Crippen LogP contribution in [0, 0.1) is 17.3 Å². The van der Waals surface area contributed by atoms with Crippen molar-refractivity contribution in [3.05, 3.63) is 35.9 Å². The molecule has 1 fully saturated rings. The average Bonchev–Trinajstić information content (AvgIpc) is 2.96. The molecule has 1 heteroatoms. The number of hydrogen-bond donors (Lipinski definition) is 1. The molecular formula is C17H26O. The van der Waals surface area contributed by atoms with Crippen LogP contribution in [0.4, 0.5) is 0 Å². The van der Waals surface area contributed by atoms with E-state index in [0.717, 1.165) is 5.56 Å². The molecule has 1 N–H and O–H groups in total. The zero-order valence-electron chi connectivity index (χ0n) is 11.9. The summed E-state index contributed by atoms with van der Waals surface area (Å²) in [6.45, 7) is 6.78. The Kier molecular flexibility index (Phi) is 4.11. The Morgan fingerprint density at radius 2 is 1.56 bits per heavy atom. The highest BCUT2D eigenvalue weighted by molar-refractivity contribution is 5.24. The van der Waals surface area contributed by atoms with E-state index in [-0.39, 0.29) is 11.5 Å². The van der Waals surface area contributed by atoms with E-state index in [0.29, 0.717) is 11.8 Å². The maximum atomic E-state index is 10.7. The predicted octanol–water partition coefficient (Wildman–Crippen LogP) is 4.57. The van der Waals surface area contributed by atoms with Crippen LogP contribution in [0.5, 0.6) is 0 Å². The Labute approximate surface area is 111 Å². The van der Waals surface area contributed by atoms with Crippen molar-refractivity contribution < 1.29 is 5.11 Å². The molecule has 2 rings (SSSR count). The van der Waals surface area contributed by atoms with E-state index in [9.17, 15) is 5.11 Å².